The maximum absolute atomic E-state index is 12.1. The van der Waals surface area contributed by atoms with E-state index in [1.165, 1.54) is 7.05 Å². The summed E-state index contributed by atoms with van der Waals surface area (Å²) in [4.78, 5) is 37.2. The summed E-state index contributed by atoms with van der Waals surface area (Å²) in [6, 6.07) is 2.55. The fourth-order valence-electron chi connectivity index (χ4n) is 2.69. The number of aryl methyl sites for hydroxylation is 1. The van der Waals surface area contributed by atoms with Crippen molar-refractivity contribution in [3.05, 3.63) is 23.7 Å². The largest absolute Gasteiger partial charge is 0.456 e. The highest BCUT2D eigenvalue weighted by Crippen LogP contribution is 2.15. The predicted octanol–water partition coefficient (Wildman–Crippen LogP) is 0.626. The SMILES string of the molecule is CNC(=O)NC(=O)C(C)N1CCC(NC(=O)c2ccc(C)o2)CC1. The Labute approximate surface area is 140 Å². The normalized spacial score (nSPS) is 17.1. The molecule has 1 aliphatic heterocycles. The molecule has 0 aliphatic carbocycles. The van der Waals surface area contributed by atoms with Crippen molar-refractivity contribution in [3.63, 3.8) is 0 Å². The van der Waals surface area contributed by atoms with Gasteiger partial charge in [-0.25, -0.2) is 4.79 Å². The Balaban J connectivity index is 1.79. The summed E-state index contributed by atoms with van der Waals surface area (Å²) < 4.78 is 5.31. The van der Waals surface area contributed by atoms with Crippen LogP contribution in [0.2, 0.25) is 0 Å². The number of likely N-dealkylation sites (tertiary alicyclic amines) is 1. The Kier molecular flexibility index (Phi) is 5.97. The monoisotopic (exact) mass is 336 g/mol. The quantitative estimate of drug-likeness (QED) is 0.748. The minimum absolute atomic E-state index is 0.0494. The molecule has 8 heteroatoms. The van der Waals surface area contributed by atoms with Crippen molar-refractivity contribution in [1.29, 1.82) is 0 Å². The van der Waals surface area contributed by atoms with Crippen LogP contribution in [0.5, 0.6) is 0 Å². The first-order chi connectivity index (χ1) is 11.4. The zero-order chi connectivity index (χ0) is 17.7. The Morgan fingerprint density at radius 1 is 1.25 bits per heavy atom. The van der Waals surface area contributed by atoms with E-state index in [1.54, 1.807) is 26.0 Å². The fraction of sp³-hybridized carbons (Fsp3) is 0.562. The maximum atomic E-state index is 12.1. The van der Waals surface area contributed by atoms with Crippen molar-refractivity contribution < 1.29 is 18.8 Å². The second-order valence-electron chi connectivity index (χ2n) is 5.94. The number of amides is 4. The van der Waals surface area contributed by atoms with Crippen molar-refractivity contribution in [2.24, 2.45) is 0 Å². The number of hydrogen-bond acceptors (Lipinski definition) is 5. The number of hydrogen-bond donors (Lipinski definition) is 3. The van der Waals surface area contributed by atoms with E-state index in [-0.39, 0.29) is 17.9 Å². The number of carbonyl (C=O) groups is 3. The smallest absolute Gasteiger partial charge is 0.321 e. The number of piperidine rings is 1. The molecule has 2 rings (SSSR count). The average molecular weight is 336 g/mol. The first-order valence-electron chi connectivity index (χ1n) is 8.04. The van der Waals surface area contributed by atoms with Gasteiger partial charge in [0.2, 0.25) is 5.91 Å². The van der Waals surface area contributed by atoms with E-state index in [2.05, 4.69) is 16.0 Å². The topological polar surface area (TPSA) is 104 Å². The Morgan fingerprint density at radius 2 is 1.92 bits per heavy atom. The zero-order valence-electron chi connectivity index (χ0n) is 14.2. The molecule has 0 aromatic carbocycles. The molecule has 1 aromatic heterocycles. The standard InChI is InChI=1S/C16H24N4O4/c1-10-4-5-13(24-10)15(22)18-12-6-8-20(9-7-12)11(2)14(21)19-16(23)17-3/h4-5,11-12H,6-9H2,1-3H3,(H,18,22)(H2,17,19,21,23). The third-order valence-electron chi connectivity index (χ3n) is 4.22. The van der Waals surface area contributed by atoms with Gasteiger partial charge in [0.15, 0.2) is 5.76 Å². The molecule has 1 fully saturated rings. The van der Waals surface area contributed by atoms with Gasteiger partial charge in [-0.3, -0.25) is 19.8 Å². The Bertz CT molecular complexity index is 605. The molecule has 1 aliphatic rings. The molecule has 8 nitrogen and oxygen atoms in total. The Morgan fingerprint density at radius 3 is 2.46 bits per heavy atom. The van der Waals surface area contributed by atoms with Crippen LogP contribution < -0.4 is 16.0 Å². The van der Waals surface area contributed by atoms with E-state index in [0.717, 1.165) is 12.8 Å². The fourth-order valence-corrected chi connectivity index (χ4v) is 2.69. The van der Waals surface area contributed by atoms with Crippen LogP contribution in [0.3, 0.4) is 0 Å². The molecule has 0 bridgehead atoms. The first-order valence-corrected chi connectivity index (χ1v) is 8.04. The van der Waals surface area contributed by atoms with Crippen molar-refractivity contribution in [2.45, 2.75) is 38.8 Å². The van der Waals surface area contributed by atoms with E-state index in [9.17, 15) is 14.4 Å². The van der Waals surface area contributed by atoms with E-state index in [1.807, 2.05) is 4.90 Å². The second kappa shape index (κ2) is 7.96. The third kappa shape index (κ3) is 4.58. The van der Waals surface area contributed by atoms with Gasteiger partial charge >= 0.3 is 6.03 Å². The van der Waals surface area contributed by atoms with Gasteiger partial charge in [0.1, 0.15) is 5.76 Å². The summed E-state index contributed by atoms with van der Waals surface area (Å²) in [6.45, 7) is 4.90. The summed E-state index contributed by atoms with van der Waals surface area (Å²) in [7, 11) is 1.46. The molecule has 1 aromatic rings. The minimum atomic E-state index is -0.511. The summed E-state index contributed by atoms with van der Waals surface area (Å²) in [5.41, 5.74) is 0. The second-order valence-corrected chi connectivity index (χ2v) is 5.94. The first kappa shape index (κ1) is 18.0. The number of furan rings is 1. The summed E-state index contributed by atoms with van der Waals surface area (Å²) in [5.74, 6) is 0.467. The molecule has 1 atom stereocenters. The summed E-state index contributed by atoms with van der Waals surface area (Å²) in [6.07, 6.45) is 1.48. The van der Waals surface area contributed by atoms with Crippen LogP contribution in [-0.4, -0.2) is 55.0 Å². The highest BCUT2D eigenvalue weighted by atomic mass is 16.3. The molecular formula is C16H24N4O4. The van der Waals surface area contributed by atoms with E-state index in [0.29, 0.717) is 24.6 Å². The zero-order valence-corrected chi connectivity index (χ0v) is 14.2. The van der Waals surface area contributed by atoms with Gasteiger partial charge in [-0.05, 0) is 38.8 Å². The number of nitrogens with one attached hydrogen (secondary N) is 3. The highest BCUT2D eigenvalue weighted by Gasteiger charge is 2.28. The number of nitrogens with zero attached hydrogens (tertiary/aromatic N) is 1. The molecule has 1 saturated heterocycles. The van der Waals surface area contributed by atoms with Crippen LogP contribution in [0.15, 0.2) is 16.5 Å². The predicted molar refractivity (Wildman–Crippen MR) is 87.6 cm³/mol. The molecule has 24 heavy (non-hydrogen) atoms. The van der Waals surface area contributed by atoms with Gasteiger partial charge in [0.05, 0.1) is 6.04 Å². The van der Waals surface area contributed by atoms with Gasteiger partial charge in [-0.2, -0.15) is 0 Å². The van der Waals surface area contributed by atoms with E-state index < -0.39 is 12.1 Å². The summed E-state index contributed by atoms with van der Waals surface area (Å²) in [5, 5.41) is 7.59. The lowest BCUT2D eigenvalue weighted by Crippen LogP contribution is -2.53. The van der Waals surface area contributed by atoms with Gasteiger partial charge in [-0.15, -0.1) is 0 Å². The molecule has 132 valence electrons. The lowest BCUT2D eigenvalue weighted by atomic mass is 10.0. The molecule has 0 radical (unpaired) electrons. The van der Waals surface area contributed by atoms with Crippen LogP contribution in [0.1, 0.15) is 36.1 Å². The highest BCUT2D eigenvalue weighted by molar-refractivity contribution is 5.96. The van der Waals surface area contributed by atoms with Crippen molar-refractivity contribution in [2.75, 3.05) is 20.1 Å². The van der Waals surface area contributed by atoms with Crippen LogP contribution in [-0.2, 0) is 4.79 Å². The lowest BCUT2D eigenvalue weighted by Gasteiger charge is -2.35. The molecule has 1 unspecified atom stereocenters. The number of carbonyl (C=O) groups excluding carboxylic acids is 3. The number of urea groups is 1. The van der Waals surface area contributed by atoms with Crippen molar-refractivity contribution in [3.8, 4) is 0 Å². The molecule has 0 saturated carbocycles. The van der Waals surface area contributed by atoms with Crippen LogP contribution in [0, 0.1) is 6.92 Å². The number of rotatable bonds is 4. The van der Waals surface area contributed by atoms with Crippen molar-refractivity contribution >= 4 is 17.8 Å². The van der Waals surface area contributed by atoms with Gasteiger partial charge in [-0.1, -0.05) is 0 Å². The molecule has 2 heterocycles. The third-order valence-corrected chi connectivity index (χ3v) is 4.22. The van der Waals surface area contributed by atoms with Crippen LogP contribution >= 0.6 is 0 Å². The van der Waals surface area contributed by atoms with Gasteiger partial charge in [0.25, 0.3) is 5.91 Å². The molecule has 0 spiro atoms. The maximum Gasteiger partial charge on any atom is 0.321 e. The number of imide groups is 1. The van der Waals surface area contributed by atoms with Crippen LogP contribution in [0.25, 0.3) is 0 Å². The molecular weight excluding hydrogens is 312 g/mol. The molecule has 4 amide bonds. The van der Waals surface area contributed by atoms with Crippen LogP contribution in [0.4, 0.5) is 4.79 Å². The lowest BCUT2D eigenvalue weighted by molar-refractivity contribution is -0.125. The molecule has 3 N–H and O–H groups in total. The average Bonchev–Trinajstić information content (AvgIpc) is 3.01. The van der Waals surface area contributed by atoms with Gasteiger partial charge < -0.3 is 15.1 Å². The minimum Gasteiger partial charge on any atom is -0.456 e. The van der Waals surface area contributed by atoms with Gasteiger partial charge in [0, 0.05) is 26.2 Å². The summed E-state index contributed by atoms with van der Waals surface area (Å²) >= 11 is 0. The van der Waals surface area contributed by atoms with E-state index >= 15 is 0 Å². The Hall–Kier alpha value is -2.35. The van der Waals surface area contributed by atoms with E-state index in [4.69, 9.17) is 4.42 Å². The van der Waals surface area contributed by atoms with Crippen molar-refractivity contribution in [1.82, 2.24) is 20.9 Å².